The fraction of sp³-hybridized carbons (Fsp3) is 0.655. The molecule has 1 fully saturated rings. The number of amides is 4. The predicted molar refractivity (Wildman–Crippen MR) is 147 cm³/mol. The zero-order valence-electron chi connectivity index (χ0n) is 23.9. The zero-order chi connectivity index (χ0) is 28.5. The second-order valence-electron chi connectivity index (χ2n) is 11.3. The highest BCUT2D eigenvalue weighted by Gasteiger charge is 2.38. The number of alkyl carbamates (subject to hydrolysis) is 1. The van der Waals surface area contributed by atoms with Gasteiger partial charge in [0.2, 0.25) is 17.7 Å². The predicted octanol–water partition coefficient (Wildman–Crippen LogP) is 4.19. The fourth-order valence-electron chi connectivity index (χ4n) is 5.02. The number of primary amides is 1. The summed E-state index contributed by atoms with van der Waals surface area (Å²) in [7, 11) is 0. The lowest BCUT2D eigenvalue weighted by molar-refractivity contribution is -0.143. The van der Waals surface area contributed by atoms with E-state index in [1.54, 1.807) is 20.8 Å². The lowest BCUT2D eigenvalue weighted by Crippen LogP contribution is -2.54. The van der Waals surface area contributed by atoms with Crippen LogP contribution < -0.4 is 16.4 Å². The van der Waals surface area contributed by atoms with Crippen molar-refractivity contribution in [2.24, 2.45) is 5.73 Å². The Labute approximate surface area is 227 Å². The summed E-state index contributed by atoms with van der Waals surface area (Å²) in [5, 5.41) is 5.84. The van der Waals surface area contributed by atoms with Crippen LogP contribution >= 0.6 is 0 Å². The molecule has 1 aliphatic rings. The molecule has 2 rings (SSSR count). The number of ether oxygens (including phenoxy) is 1. The first-order valence-electron chi connectivity index (χ1n) is 13.8. The molecule has 0 spiro atoms. The topological polar surface area (TPSA) is 131 Å². The molecule has 0 bridgehead atoms. The standard InChI is InChI=1S/C29H46N4O5/c1-7-18-33(27(36)22(16-17-23(30)34)32-28(37)38-29(4,5)6)25(24-19(2)12-11-13-20(24)3)26(35)31-21-14-9-8-10-15-21/h11-13,21-22,25H,7-10,14-18H2,1-6H3,(H2,30,34)(H,31,35)(H,32,37). The van der Waals surface area contributed by atoms with E-state index in [4.69, 9.17) is 10.5 Å². The monoisotopic (exact) mass is 530 g/mol. The summed E-state index contributed by atoms with van der Waals surface area (Å²) < 4.78 is 5.38. The third-order valence-electron chi connectivity index (χ3n) is 6.74. The number of carbonyl (C=O) groups is 4. The third kappa shape index (κ3) is 9.33. The molecule has 38 heavy (non-hydrogen) atoms. The number of nitrogens with two attached hydrogens (primary N) is 1. The van der Waals surface area contributed by atoms with Crippen LogP contribution in [0.1, 0.15) is 102 Å². The van der Waals surface area contributed by atoms with Crippen LogP contribution in [-0.2, 0) is 19.1 Å². The van der Waals surface area contributed by atoms with Crippen molar-refractivity contribution in [2.75, 3.05) is 6.54 Å². The van der Waals surface area contributed by atoms with E-state index in [1.807, 2.05) is 39.0 Å². The van der Waals surface area contributed by atoms with Crippen LogP contribution in [0.4, 0.5) is 4.79 Å². The van der Waals surface area contributed by atoms with E-state index in [2.05, 4.69) is 10.6 Å². The molecular weight excluding hydrogens is 484 g/mol. The molecule has 0 aliphatic heterocycles. The Morgan fingerprint density at radius 2 is 1.68 bits per heavy atom. The number of carbonyl (C=O) groups excluding carboxylic acids is 4. The first-order valence-corrected chi connectivity index (χ1v) is 13.8. The molecule has 0 saturated heterocycles. The first-order chi connectivity index (χ1) is 17.8. The molecule has 0 aromatic heterocycles. The van der Waals surface area contributed by atoms with E-state index >= 15 is 0 Å². The number of nitrogens with one attached hydrogen (secondary N) is 2. The molecule has 1 aliphatic carbocycles. The smallest absolute Gasteiger partial charge is 0.408 e. The van der Waals surface area contributed by atoms with Gasteiger partial charge in [0.15, 0.2) is 0 Å². The molecule has 212 valence electrons. The normalized spacial score (nSPS) is 15.7. The summed E-state index contributed by atoms with van der Waals surface area (Å²) in [5.74, 6) is -1.27. The van der Waals surface area contributed by atoms with E-state index in [0.717, 1.165) is 48.8 Å². The fourth-order valence-corrected chi connectivity index (χ4v) is 5.02. The molecule has 1 aromatic carbocycles. The van der Waals surface area contributed by atoms with E-state index < -0.39 is 35.6 Å². The molecule has 4 amide bonds. The van der Waals surface area contributed by atoms with Gasteiger partial charge in [0.25, 0.3) is 0 Å². The minimum atomic E-state index is -1.08. The van der Waals surface area contributed by atoms with Gasteiger partial charge >= 0.3 is 6.09 Å². The minimum absolute atomic E-state index is 0.00264. The van der Waals surface area contributed by atoms with E-state index in [9.17, 15) is 19.2 Å². The van der Waals surface area contributed by atoms with Gasteiger partial charge in [-0.25, -0.2) is 4.79 Å². The van der Waals surface area contributed by atoms with Crippen molar-refractivity contribution in [1.29, 1.82) is 0 Å². The Hall–Kier alpha value is -3.10. The molecule has 9 nitrogen and oxygen atoms in total. The van der Waals surface area contributed by atoms with Crippen LogP contribution in [0.15, 0.2) is 18.2 Å². The molecule has 4 N–H and O–H groups in total. The summed E-state index contributed by atoms with van der Waals surface area (Å²) in [6, 6.07) is 3.88. The molecule has 1 saturated carbocycles. The van der Waals surface area contributed by atoms with E-state index in [0.29, 0.717) is 13.0 Å². The van der Waals surface area contributed by atoms with Gasteiger partial charge in [0.1, 0.15) is 17.7 Å². The lowest BCUT2D eigenvalue weighted by atomic mass is 9.91. The van der Waals surface area contributed by atoms with E-state index in [1.165, 1.54) is 4.90 Å². The van der Waals surface area contributed by atoms with Crippen LogP contribution in [-0.4, -0.2) is 52.9 Å². The zero-order valence-corrected chi connectivity index (χ0v) is 23.9. The third-order valence-corrected chi connectivity index (χ3v) is 6.74. The maximum atomic E-state index is 14.1. The van der Waals surface area contributed by atoms with Crippen molar-refractivity contribution >= 4 is 23.8 Å². The van der Waals surface area contributed by atoms with Gasteiger partial charge in [0.05, 0.1) is 0 Å². The van der Waals surface area contributed by atoms with Crippen molar-refractivity contribution in [1.82, 2.24) is 15.5 Å². The quantitative estimate of drug-likeness (QED) is 0.395. The molecule has 0 heterocycles. The SMILES string of the molecule is CCCN(C(=O)C(CCC(N)=O)NC(=O)OC(C)(C)C)C(C(=O)NC1CCCCC1)c1c(C)cccc1C. The number of benzene rings is 1. The number of hydrogen-bond donors (Lipinski definition) is 3. The van der Waals surface area contributed by atoms with Crippen LogP contribution in [0.2, 0.25) is 0 Å². The maximum absolute atomic E-state index is 14.1. The average Bonchev–Trinajstić information content (AvgIpc) is 2.82. The Bertz CT molecular complexity index is 961. The van der Waals surface area contributed by atoms with Gasteiger partial charge in [-0.1, -0.05) is 44.4 Å². The van der Waals surface area contributed by atoms with Crippen molar-refractivity contribution in [2.45, 2.75) is 117 Å². The number of rotatable bonds is 11. The Morgan fingerprint density at radius 1 is 1.08 bits per heavy atom. The summed E-state index contributed by atoms with van der Waals surface area (Å²) in [4.78, 5) is 53.8. The minimum Gasteiger partial charge on any atom is -0.444 e. The van der Waals surface area contributed by atoms with Gasteiger partial charge in [-0.15, -0.1) is 0 Å². The number of aryl methyl sites for hydroxylation is 2. The van der Waals surface area contributed by atoms with Crippen molar-refractivity contribution in [3.05, 3.63) is 34.9 Å². The van der Waals surface area contributed by atoms with Crippen molar-refractivity contribution in [3.63, 3.8) is 0 Å². The Kier molecular flexibility index (Phi) is 11.6. The second kappa shape index (κ2) is 14.2. The molecular formula is C29H46N4O5. The van der Waals surface area contributed by atoms with Crippen molar-refractivity contribution in [3.8, 4) is 0 Å². The number of nitrogens with zero attached hydrogens (tertiary/aromatic N) is 1. The molecule has 2 atom stereocenters. The molecule has 0 radical (unpaired) electrons. The largest absolute Gasteiger partial charge is 0.444 e. The molecule has 2 unspecified atom stereocenters. The summed E-state index contributed by atoms with van der Waals surface area (Å²) in [6.07, 6.45) is 4.82. The van der Waals surface area contributed by atoms with Gasteiger partial charge in [-0.05, 0) is 77.0 Å². The summed E-state index contributed by atoms with van der Waals surface area (Å²) in [6.45, 7) is 11.3. The highest BCUT2D eigenvalue weighted by molar-refractivity contribution is 5.93. The average molecular weight is 531 g/mol. The van der Waals surface area contributed by atoms with Gasteiger partial charge in [-0.2, -0.15) is 0 Å². The molecule has 9 heteroatoms. The summed E-state index contributed by atoms with van der Waals surface area (Å²) >= 11 is 0. The first kappa shape index (κ1) is 31.1. The van der Waals surface area contributed by atoms with Crippen LogP contribution in [0, 0.1) is 13.8 Å². The van der Waals surface area contributed by atoms with Gasteiger partial charge in [0, 0.05) is 19.0 Å². The van der Waals surface area contributed by atoms with Gasteiger partial charge < -0.3 is 26.0 Å². The van der Waals surface area contributed by atoms with Crippen LogP contribution in [0.3, 0.4) is 0 Å². The Morgan fingerprint density at radius 3 is 2.21 bits per heavy atom. The molecule has 1 aromatic rings. The van der Waals surface area contributed by atoms with Crippen LogP contribution in [0.25, 0.3) is 0 Å². The summed E-state index contributed by atoms with van der Waals surface area (Å²) in [5.41, 5.74) is 7.18. The highest BCUT2D eigenvalue weighted by Crippen LogP contribution is 2.30. The Balaban J connectivity index is 2.49. The lowest BCUT2D eigenvalue weighted by Gasteiger charge is -2.36. The van der Waals surface area contributed by atoms with E-state index in [-0.39, 0.29) is 24.8 Å². The maximum Gasteiger partial charge on any atom is 0.408 e. The second-order valence-corrected chi connectivity index (χ2v) is 11.3. The highest BCUT2D eigenvalue weighted by atomic mass is 16.6. The van der Waals surface area contributed by atoms with Crippen LogP contribution in [0.5, 0.6) is 0 Å². The van der Waals surface area contributed by atoms with Gasteiger partial charge in [-0.3, -0.25) is 14.4 Å². The number of hydrogen-bond acceptors (Lipinski definition) is 5. The van der Waals surface area contributed by atoms with Crippen molar-refractivity contribution < 1.29 is 23.9 Å².